The molecule has 0 aliphatic rings. The van der Waals surface area contributed by atoms with Gasteiger partial charge in [-0.25, -0.2) is 0 Å². The van der Waals surface area contributed by atoms with Crippen molar-refractivity contribution in [2.45, 2.75) is 60.3 Å². The van der Waals surface area contributed by atoms with E-state index in [1.165, 1.54) is 0 Å². The van der Waals surface area contributed by atoms with Crippen LogP contribution in [0.15, 0.2) is 0 Å². The number of unbranched alkanes of at least 4 members (excludes halogenated alkanes) is 1. The van der Waals surface area contributed by atoms with Crippen LogP contribution in [0.1, 0.15) is 60.3 Å². The number of Topliss-reactive ketones (excluding diaryl/α,β-unsaturated/α-hetero) is 1. The van der Waals surface area contributed by atoms with Crippen molar-refractivity contribution in [2.75, 3.05) is 6.54 Å². The summed E-state index contributed by atoms with van der Waals surface area (Å²) in [7, 11) is 0. The van der Waals surface area contributed by atoms with E-state index in [4.69, 9.17) is 0 Å². The van der Waals surface area contributed by atoms with Gasteiger partial charge in [-0.1, -0.05) is 34.1 Å². The molecule has 0 aromatic rings. The van der Waals surface area contributed by atoms with Gasteiger partial charge in [0.1, 0.15) is 5.78 Å². The first kappa shape index (κ1) is 16.1. The number of hydrogen-bond donors (Lipinski definition) is 1. The van der Waals surface area contributed by atoms with Gasteiger partial charge in [-0.05, 0) is 26.2 Å². The second-order valence-corrected chi connectivity index (χ2v) is 5.24. The van der Waals surface area contributed by atoms with Gasteiger partial charge in [0.25, 0.3) is 0 Å². The number of nitrogens with one attached hydrogen (secondary N) is 1. The largest absolute Gasteiger partial charge is 0.356 e. The monoisotopic (exact) mass is 241 g/mol. The van der Waals surface area contributed by atoms with Crippen molar-refractivity contribution < 1.29 is 9.59 Å². The quantitative estimate of drug-likeness (QED) is 0.664. The number of ketones is 1. The Labute approximate surface area is 105 Å². The summed E-state index contributed by atoms with van der Waals surface area (Å²) in [5.41, 5.74) is -0.418. The van der Waals surface area contributed by atoms with Crippen LogP contribution in [0.5, 0.6) is 0 Å². The van der Waals surface area contributed by atoms with E-state index in [2.05, 4.69) is 12.2 Å². The van der Waals surface area contributed by atoms with Crippen molar-refractivity contribution in [3.8, 4) is 0 Å². The van der Waals surface area contributed by atoms with Crippen molar-refractivity contribution >= 4 is 11.7 Å². The molecular weight excluding hydrogens is 214 g/mol. The Morgan fingerprint density at radius 2 is 1.88 bits per heavy atom. The highest BCUT2D eigenvalue weighted by atomic mass is 16.2. The lowest BCUT2D eigenvalue weighted by molar-refractivity contribution is -0.132. The zero-order chi connectivity index (χ0) is 13.5. The van der Waals surface area contributed by atoms with Crippen molar-refractivity contribution in [1.29, 1.82) is 0 Å². The summed E-state index contributed by atoms with van der Waals surface area (Å²) in [5, 5.41) is 2.97. The Morgan fingerprint density at radius 1 is 1.29 bits per heavy atom. The number of carbonyl (C=O) groups excluding carboxylic acids is 2. The molecule has 17 heavy (non-hydrogen) atoms. The molecule has 2 unspecified atom stereocenters. The smallest absolute Gasteiger partial charge is 0.225 e. The molecule has 3 nitrogen and oxygen atoms in total. The summed E-state index contributed by atoms with van der Waals surface area (Å²) in [5.74, 6) is 0.199. The second kappa shape index (κ2) is 7.46. The van der Waals surface area contributed by atoms with Crippen LogP contribution in [0.25, 0.3) is 0 Å². The Balaban J connectivity index is 4.43. The maximum Gasteiger partial charge on any atom is 0.225 e. The molecule has 0 spiro atoms. The van der Waals surface area contributed by atoms with Crippen LogP contribution in [-0.4, -0.2) is 18.2 Å². The van der Waals surface area contributed by atoms with Crippen LogP contribution in [-0.2, 0) is 9.59 Å². The minimum atomic E-state index is -0.418. The van der Waals surface area contributed by atoms with Gasteiger partial charge in [0, 0.05) is 17.9 Å². The van der Waals surface area contributed by atoms with E-state index in [1.54, 1.807) is 6.92 Å². The third-order valence-corrected chi connectivity index (χ3v) is 3.60. The average molecular weight is 241 g/mol. The fourth-order valence-electron chi connectivity index (χ4n) is 1.81. The highest BCUT2D eigenvalue weighted by molar-refractivity contribution is 5.84. The summed E-state index contributed by atoms with van der Waals surface area (Å²) in [6.45, 7) is 10.3. The average Bonchev–Trinajstić information content (AvgIpc) is 2.28. The summed E-state index contributed by atoms with van der Waals surface area (Å²) in [6, 6.07) is 0. The molecule has 0 aromatic heterocycles. The van der Waals surface area contributed by atoms with Crippen LogP contribution >= 0.6 is 0 Å². The fourth-order valence-corrected chi connectivity index (χ4v) is 1.81. The molecule has 0 aliphatic carbocycles. The zero-order valence-corrected chi connectivity index (χ0v) is 11.9. The van der Waals surface area contributed by atoms with E-state index in [1.807, 2.05) is 20.8 Å². The number of hydrogen-bond acceptors (Lipinski definition) is 2. The molecule has 1 N–H and O–H groups in total. The van der Waals surface area contributed by atoms with Gasteiger partial charge in [-0.15, -0.1) is 0 Å². The van der Waals surface area contributed by atoms with Crippen molar-refractivity contribution in [3.63, 3.8) is 0 Å². The maximum absolute atomic E-state index is 12.1. The van der Waals surface area contributed by atoms with Crippen LogP contribution in [0.4, 0.5) is 0 Å². The minimum Gasteiger partial charge on any atom is -0.356 e. The van der Waals surface area contributed by atoms with E-state index in [0.717, 1.165) is 25.8 Å². The molecule has 0 fully saturated rings. The van der Waals surface area contributed by atoms with Gasteiger partial charge in [-0.3, -0.25) is 9.59 Å². The van der Waals surface area contributed by atoms with Crippen LogP contribution in [0.3, 0.4) is 0 Å². The van der Waals surface area contributed by atoms with Crippen LogP contribution in [0.2, 0.25) is 0 Å². The third kappa shape index (κ3) is 5.33. The molecular formula is C14H27NO2. The SMILES string of the molecule is CCCCNC(=O)C(C)(CC)CC(C)C(C)=O. The zero-order valence-electron chi connectivity index (χ0n) is 11.9. The normalized spacial score (nSPS) is 16.1. The molecule has 0 saturated carbocycles. The minimum absolute atomic E-state index is 0.0446. The second-order valence-electron chi connectivity index (χ2n) is 5.24. The van der Waals surface area contributed by atoms with Gasteiger partial charge in [0.2, 0.25) is 5.91 Å². The Morgan fingerprint density at radius 3 is 2.29 bits per heavy atom. The van der Waals surface area contributed by atoms with Crippen molar-refractivity contribution in [2.24, 2.45) is 11.3 Å². The summed E-state index contributed by atoms with van der Waals surface area (Å²) in [4.78, 5) is 23.4. The summed E-state index contributed by atoms with van der Waals surface area (Å²) >= 11 is 0. The molecule has 0 aliphatic heterocycles. The van der Waals surface area contributed by atoms with Crippen LogP contribution < -0.4 is 5.32 Å². The summed E-state index contributed by atoms with van der Waals surface area (Å²) < 4.78 is 0. The molecule has 0 radical (unpaired) electrons. The first-order valence-electron chi connectivity index (χ1n) is 6.66. The Kier molecular flexibility index (Phi) is 7.09. The van der Waals surface area contributed by atoms with Gasteiger partial charge < -0.3 is 5.32 Å². The standard InChI is InChI=1S/C14H27NO2/c1-6-8-9-15-13(17)14(5,7-2)10-11(3)12(4)16/h11H,6-10H2,1-5H3,(H,15,17). The van der Waals surface area contributed by atoms with Crippen molar-refractivity contribution in [3.05, 3.63) is 0 Å². The third-order valence-electron chi connectivity index (χ3n) is 3.60. The molecule has 0 saturated heterocycles. The van der Waals surface area contributed by atoms with Gasteiger partial charge >= 0.3 is 0 Å². The first-order chi connectivity index (χ1) is 7.87. The van der Waals surface area contributed by atoms with Gasteiger partial charge in [0.15, 0.2) is 0 Å². The molecule has 0 bridgehead atoms. The van der Waals surface area contributed by atoms with E-state index < -0.39 is 5.41 Å². The number of amides is 1. The van der Waals surface area contributed by atoms with E-state index in [0.29, 0.717) is 6.42 Å². The molecule has 2 atom stereocenters. The first-order valence-corrected chi connectivity index (χ1v) is 6.66. The molecule has 0 rings (SSSR count). The molecule has 0 aromatic carbocycles. The lowest BCUT2D eigenvalue weighted by Gasteiger charge is -2.29. The number of carbonyl (C=O) groups is 2. The van der Waals surface area contributed by atoms with Gasteiger partial charge in [0.05, 0.1) is 0 Å². The molecule has 0 heterocycles. The Bertz CT molecular complexity index is 263. The predicted octanol–water partition coefficient (Wildman–Crippen LogP) is 2.93. The fraction of sp³-hybridized carbons (Fsp3) is 0.857. The maximum atomic E-state index is 12.1. The number of rotatable bonds is 8. The van der Waals surface area contributed by atoms with E-state index in [-0.39, 0.29) is 17.6 Å². The lowest BCUT2D eigenvalue weighted by Crippen LogP contribution is -2.40. The van der Waals surface area contributed by atoms with E-state index >= 15 is 0 Å². The lowest BCUT2D eigenvalue weighted by atomic mass is 9.77. The predicted molar refractivity (Wildman–Crippen MR) is 70.8 cm³/mol. The van der Waals surface area contributed by atoms with Crippen molar-refractivity contribution in [1.82, 2.24) is 5.32 Å². The highest BCUT2D eigenvalue weighted by Gasteiger charge is 2.33. The highest BCUT2D eigenvalue weighted by Crippen LogP contribution is 2.30. The molecule has 100 valence electrons. The molecule has 3 heteroatoms. The topological polar surface area (TPSA) is 46.2 Å². The van der Waals surface area contributed by atoms with E-state index in [9.17, 15) is 9.59 Å². The van der Waals surface area contributed by atoms with Gasteiger partial charge in [-0.2, -0.15) is 0 Å². The van der Waals surface area contributed by atoms with Crippen LogP contribution in [0, 0.1) is 11.3 Å². The Hall–Kier alpha value is -0.860. The molecule has 1 amide bonds. The summed E-state index contributed by atoms with van der Waals surface area (Å²) in [6.07, 6.45) is 3.49.